The van der Waals surface area contributed by atoms with E-state index in [1.165, 1.54) is 18.4 Å². The Bertz CT molecular complexity index is 383. The Kier molecular flexibility index (Phi) is 4.40. The normalized spacial score (nSPS) is 18.1. The summed E-state index contributed by atoms with van der Waals surface area (Å²) in [5.74, 6) is 0.975. The highest BCUT2D eigenvalue weighted by molar-refractivity contribution is 5.78. The van der Waals surface area contributed by atoms with Gasteiger partial charge in [-0.1, -0.05) is 50.6 Å². The molecular weight excluding hydrogens is 222 g/mol. The molecule has 0 aliphatic heterocycles. The van der Waals surface area contributed by atoms with Crippen LogP contribution < -0.4 is 5.32 Å². The molecule has 1 saturated carbocycles. The van der Waals surface area contributed by atoms with Crippen LogP contribution in [0.5, 0.6) is 0 Å². The zero-order valence-electron chi connectivity index (χ0n) is 11.4. The topological polar surface area (TPSA) is 29.1 Å². The first kappa shape index (κ1) is 13.1. The van der Waals surface area contributed by atoms with Crippen molar-refractivity contribution in [2.24, 2.45) is 11.8 Å². The van der Waals surface area contributed by atoms with Crippen LogP contribution in [0.2, 0.25) is 0 Å². The van der Waals surface area contributed by atoms with Crippen molar-refractivity contribution in [3.8, 4) is 0 Å². The molecule has 1 fully saturated rings. The fourth-order valence-corrected chi connectivity index (χ4v) is 2.42. The highest BCUT2D eigenvalue weighted by Crippen LogP contribution is 2.41. The van der Waals surface area contributed by atoms with Crippen LogP contribution in [0.3, 0.4) is 0 Å². The lowest BCUT2D eigenvalue weighted by atomic mass is 10.00. The van der Waals surface area contributed by atoms with Gasteiger partial charge in [0.25, 0.3) is 0 Å². The maximum Gasteiger partial charge on any atom is 0.223 e. The molecule has 0 bridgehead atoms. The third-order valence-corrected chi connectivity index (χ3v) is 3.72. The molecule has 1 aromatic rings. The number of benzene rings is 1. The van der Waals surface area contributed by atoms with Gasteiger partial charge in [0.2, 0.25) is 5.91 Å². The minimum absolute atomic E-state index is 0.125. The molecule has 1 aliphatic carbocycles. The maximum atomic E-state index is 12.1. The maximum absolute atomic E-state index is 12.1. The van der Waals surface area contributed by atoms with Crippen molar-refractivity contribution in [1.82, 2.24) is 5.32 Å². The number of rotatable bonds is 6. The molecule has 2 unspecified atom stereocenters. The van der Waals surface area contributed by atoms with Crippen molar-refractivity contribution in [1.29, 1.82) is 0 Å². The summed E-state index contributed by atoms with van der Waals surface area (Å²) in [6.45, 7) is 4.15. The predicted molar refractivity (Wildman–Crippen MR) is 74.1 cm³/mol. The van der Waals surface area contributed by atoms with E-state index in [1.54, 1.807) is 0 Å². The van der Waals surface area contributed by atoms with Gasteiger partial charge < -0.3 is 5.32 Å². The molecule has 1 aliphatic rings. The second-order valence-corrected chi connectivity index (χ2v) is 5.42. The fourth-order valence-electron chi connectivity index (χ4n) is 2.42. The van der Waals surface area contributed by atoms with Gasteiger partial charge in [-0.3, -0.25) is 4.79 Å². The summed E-state index contributed by atoms with van der Waals surface area (Å²) in [4.78, 5) is 12.1. The first-order valence-electron chi connectivity index (χ1n) is 7.07. The summed E-state index contributed by atoms with van der Waals surface area (Å²) in [5.41, 5.74) is 1.25. The summed E-state index contributed by atoms with van der Waals surface area (Å²) in [6.07, 6.45) is 4.51. The van der Waals surface area contributed by atoms with Crippen molar-refractivity contribution >= 4 is 5.91 Å². The van der Waals surface area contributed by atoms with Gasteiger partial charge in [-0.2, -0.15) is 0 Å². The average molecular weight is 245 g/mol. The summed E-state index contributed by atoms with van der Waals surface area (Å²) in [6, 6.07) is 10.6. The Morgan fingerprint density at radius 2 is 2.00 bits per heavy atom. The highest BCUT2D eigenvalue weighted by atomic mass is 16.1. The summed E-state index contributed by atoms with van der Waals surface area (Å²) >= 11 is 0. The van der Waals surface area contributed by atoms with Gasteiger partial charge in [0.1, 0.15) is 0 Å². The number of hydrogen-bond acceptors (Lipinski definition) is 1. The van der Waals surface area contributed by atoms with Crippen molar-refractivity contribution in [3.05, 3.63) is 35.9 Å². The minimum atomic E-state index is 0.125. The minimum Gasteiger partial charge on any atom is -0.349 e. The number of nitrogens with one attached hydrogen (secondary N) is 1. The highest BCUT2D eigenvalue weighted by Gasteiger charge is 2.33. The summed E-state index contributed by atoms with van der Waals surface area (Å²) in [5, 5.41) is 3.24. The van der Waals surface area contributed by atoms with E-state index in [9.17, 15) is 4.79 Å². The second-order valence-electron chi connectivity index (χ2n) is 5.42. The summed E-state index contributed by atoms with van der Waals surface area (Å²) in [7, 11) is 0. The molecule has 0 spiro atoms. The van der Waals surface area contributed by atoms with Crippen molar-refractivity contribution in [2.45, 2.75) is 45.6 Å². The zero-order chi connectivity index (χ0) is 13.0. The molecule has 1 N–H and O–H groups in total. The monoisotopic (exact) mass is 245 g/mol. The predicted octanol–water partition coefficient (Wildman–Crippen LogP) is 3.69. The Morgan fingerprint density at radius 1 is 1.33 bits per heavy atom. The van der Waals surface area contributed by atoms with E-state index in [0.717, 1.165) is 12.8 Å². The van der Waals surface area contributed by atoms with Crippen LogP contribution in [0.25, 0.3) is 0 Å². The third kappa shape index (κ3) is 3.34. The van der Waals surface area contributed by atoms with Crippen LogP contribution in [0, 0.1) is 11.8 Å². The third-order valence-electron chi connectivity index (χ3n) is 3.72. The Labute approximate surface area is 110 Å². The quantitative estimate of drug-likeness (QED) is 0.813. The molecule has 0 radical (unpaired) electrons. The van der Waals surface area contributed by atoms with E-state index >= 15 is 0 Å². The molecule has 2 nitrogen and oxygen atoms in total. The van der Waals surface area contributed by atoms with Crippen LogP contribution in [-0.2, 0) is 4.79 Å². The van der Waals surface area contributed by atoms with Crippen molar-refractivity contribution < 1.29 is 4.79 Å². The van der Waals surface area contributed by atoms with Gasteiger partial charge in [-0.15, -0.1) is 0 Å². The van der Waals surface area contributed by atoms with E-state index in [2.05, 4.69) is 24.4 Å². The first-order valence-corrected chi connectivity index (χ1v) is 7.07. The van der Waals surface area contributed by atoms with E-state index in [-0.39, 0.29) is 17.9 Å². The molecule has 98 valence electrons. The zero-order valence-corrected chi connectivity index (χ0v) is 11.4. The van der Waals surface area contributed by atoms with Gasteiger partial charge in [-0.25, -0.2) is 0 Å². The molecule has 2 rings (SSSR count). The Hall–Kier alpha value is -1.31. The van der Waals surface area contributed by atoms with Gasteiger partial charge >= 0.3 is 0 Å². The van der Waals surface area contributed by atoms with Crippen LogP contribution in [0.1, 0.15) is 51.1 Å². The van der Waals surface area contributed by atoms with E-state index in [0.29, 0.717) is 5.92 Å². The van der Waals surface area contributed by atoms with Gasteiger partial charge in [-0.05, 0) is 30.7 Å². The van der Waals surface area contributed by atoms with Crippen LogP contribution in [-0.4, -0.2) is 5.91 Å². The molecule has 2 atom stereocenters. The standard InChI is InChI=1S/C16H23NO/c1-3-7-12(2)16(18)17-15(14-10-11-14)13-8-5-4-6-9-13/h4-6,8-9,12,14-15H,3,7,10-11H2,1-2H3,(H,17,18). The number of carbonyl (C=O) groups excluding carboxylic acids is 1. The number of hydrogen-bond donors (Lipinski definition) is 1. The molecular formula is C16H23NO. The molecule has 0 aromatic heterocycles. The average Bonchev–Trinajstić information content (AvgIpc) is 3.21. The van der Waals surface area contributed by atoms with Crippen molar-refractivity contribution in [3.63, 3.8) is 0 Å². The Balaban J connectivity index is 2.01. The van der Waals surface area contributed by atoms with E-state index in [4.69, 9.17) is 0 Å². The number of carbonyl (C=O) groups is 1. The van der Waals surface area contributed by atoms with Crippen LogP contribution in [0.4, 0.5) is 0 Å². The lowest BCUT2D eigenvalue weighted by Gasteiger charge is -2.21. The van der Waals surface area contributed by atoms with Crippen molar-refractivity contribution in [2.75, 3.05) is 0 Å². The SMILES string of the molecule is CCCC(C)C(=O)NC(c1ccccc1)C1CC1. The molecule has 2 heteroatoms. The second kappa shape index (κ2) is 6.03. The van der Waals surface area contributed by atoms with Gasteiger partial charge in [0, 0.05) is 5.92 Å². The van der Waals surface area contributed by atoms with Gasteiger partial charge in [0.15, 0.2) is 0 Å². The molecule has 0 saturated heterocycles. The van der Waals surface area contributed by atoms with E-state index in [1.807, 2.05) is 25.1 Å². The lowest BCUT2D eigenvalue weighted by molar-refractivity contribution is -0.125. The smallest absolute Gasteiger partial charge is 0.223 e. The van der Waals surface area contributed by atoms with Crippen LogP contribution >= 0.6 is 0 Å². The van der Waals surface area contributed by atoms with Crippen LogP contribution in [0.15, 0.2) is 30.3 Å². The largest absolute Gasteiger partial charge is 0.349 e. The van der Waals surface area contributed by atoms with Gasteiger partial charge in [0.05, 0.1) is 6.04 Å². The molecule has 18 heavy (non-hydrogen) atoms. The van der Waals surface area contributed by atoms with E-state index < -0.39 is 0 Å². The summed E-state index contributed by atoms with van der Waals surface area (Å²) < 4.78 is 0. The molecule has 1 aromatic carbocycles. The number of amides is 1. The first-order chi connectivity index (χ1) is 8.72. The Morgan fingerprint density at radius 3 is 2.56 bits per heavy atom. The molecule has 0 heterocycles. The fraction of sp³-hybridized carbons (Fsp3) is 0.562. The lowest BCUT2D eigenvalue weighted by Crippen LogP contribution is -2.33. The molecule has 1 amide bonds.